The predicted molar refractivity (Wildman–Crippen MR) is 88.2 cm³/mol. The number of likely N-dealkylation sites (tertiary alicyclic amines) is 1. The second-order valence-electron chi connectivity index (χ2n) is 6.02. The van der Waals surface area contributed by atoms with Crippen LogP contribution in [0.4, 0.5) is 0 Å². The number of nitrogens with two attached hydrogens (primary N) is 1. The summed E-state index contributed by atoms with van der Waals surface area (Å²) in [5, 5.41) is 3.31. The monoisotopic (exact) mass is 350 g/mol. The van der Waals surface area contributed by atoms with E-state index < -0.39 is 5.54 Å². The second kappa shape index (κ2) is 6.41. The van der Waals surface area contributed by atoms with Gasteiger partial charge in [0.15, 0.2) is 0 Å². The summed E-state index contributed by atoms with van der Waals surface area (Å²) in [6.45, 7) is 0.944. The summed E-state index contributed by atoms with van der Waals surface area (Å²) in [5.41, 5.74) is 4.97. The number of hydrogen-bond acceptors (Lipinski definition) is 4. The standard InChI is InChI=1S/C16H19ClN4O3/c17-12-3-1-11(2-4-12)14(23)21-10-19-15(24)16(21)5-7-20(8-6-16)13(22)9-18/h1-4H,5-10,18H2,(H,19,24). The minimum absolute atomic E-state index is 0.0490. The molecule has 2 aliphatic heterocycles. The molecule has 3 amide bonds. The molecule has 8 heteroatoms. The molecule has 0 aromatic heterocycles. The van der Waals surface area contributed by atoms with E-state index in [0.29, 0.717) is 36.5 Å². The molecule has 7 nitrogen and oxygen atoms in total. The van der Waals surface area contributed by atoms with Gasteiger partial charge in [-0.05, 0) is 37.1 Å². The van der Waals surface area contributed by atoms with E-state index in [1.807, 2.05) is 0 Å². The second-order valence-corrected chi connectivity index (χ2v) is 6.46. The number of rotatable bonds is 2. The van der Waals surface area contributed by atoms with E-state index in [1.54, 1.807) is 34.1 Å². The van der Waals surface area contributed by atoms with Crippen molar-refractivity contribution >= 4 is 29.3 Å². The molecule has 0 unspecified atom stereocenters. The van der Waals surface area contributed by atoms with Crippen LogP contribution in [0.25, 0.3) is 0 Å². The molecule has 24 heavy (non-hydrogen) atoms. The van der Waals surface area contributed by atoms with Gasteiger partial charge in [0.25, 0.3) is 5.91 Å². The minimum Gasteiger partial charge on any atom is -0.341 e. The quantitative estimate of drug-likeness (QED) is 0.796. The summed E-state index contributed by atoms with van der Waals surface area (Å²) in [7, 11) is 0. The Bertz CT molecular complexity index is 668. The highest BCUT2D eigenvalue weighted by molar-refractivity contribution is 6.30. The largest absolute Gasteiger partial charge is 0.341 e. The summed E-state index contributed by atoms with van der Waals surface area (Å²) in [5.74, 6) is -0.521. The van der Waals surface area contributed by atoms with Crippen LogP contribution in [0.3, 0.4) is 0 Å². The van der Waals surface area contributed by atoms with E-state index in [0.717, 1.165) is 0 Å². The number of piperidine rings is 1. The first-order valence-electron chi connectivity index (χ1n) is 7.81. The normalized spacial score (nSPS) is 19.5. The van der Waals surface area contributed by atoms with Gasteiger partial charge in [-0.25, -0.2) is 0 Å². The van der Waals surface area contributed by atoms with Crippen molar-refractivity contribution < 1.29 is 14.4 Å². The van der Waals surface area contributed by atoms with Gasteiger partial charge in [0.2, 0.25) is 11.8 Å². The Kier molecular flexibility index (Phi) is 4.47. The van der Waals surface area contributed by atoms with Gasteiger partial charge in [-0.15, -0.1) is 0 Å². The zero-order valence-electron chi connectivity index (χ0n) is 13.1. The van der Waals surface area contributed by atoms with Crippen molar-refractivity contribution in [2.45, 2.75) is 18.4 Å². The molecule has 1 spiro atoms. The zero-order valence-corrected chi connectivity index (χ0v) is 13.9. The first-order valence-corrected chi connectivity index (χ1v) is 8.19. The predicted octanol–water partition coefficient (Wildman–Crippen LogP) is 0.189. The molecule has 0 radical (unpaired) electrons. The lowest BCUT2D eigenvalue weighted by Crippen LogP contribution is -2.58. The fourth-order valence-corrected chi connectivity index (χ4v) is 3.48. The average Bonchev–Trinajstić information content (AvgIpc) is 2.91. The van der Waals surface area contributed by atoms with Gasteiger partial charge in [0.1, 0.15) is 5.54 Å². The maximum atomic E-state index is 12.8. The van der Waals surface area contributed by atoms with Crippen molar-refractivity contribution in [1.29, 1.82) is 0 Å². The van der Waals surface area contributed by atoms with Gasteiger partial charge in [-0.3, -0.25) is 14.4 Å². The van der Waals surface area contributed by atoms with Crippen molar-refractivity contribution in [3.63, 3.8) is 0 Å². The molecule has 2 aliphatic rings. The molecular weight excluding hydrogens is 332 g/mol. The van der Waals surface area contributed by atoms with Crippen LogP contribution in [0, 0.1) is 0 Å². The van der Waals surface area contributed by atoms with Crippen LogP contribution >= 0.6 is 11.6 Å². The number of amides is 3. The molecule has 3 rings (SSSR count). The molecule has 2 saturated heterocycles. The summed E-state index contributed by atoms with van der Waals surface area (Å²) < 4.78 is 0. The Balaban J connectivity index is 1.81. The van der Waals surface area contributed by atoms with E-state index in [2.05, 4.69) is 5.32 Å². The van der Waals surface area contributed by atoms with Gasteiger partial charge in [0, 0.05) is 23.7 Å². The van der Waals surface area contributed by atoms with Gasteiger partial charge in [-0.1, -0.05) is 11.6 Å². The Labute approximate surface area is 144 Å². The van der Waals surface area contributed by atoms with Gasteiger partial charge >= 0.3 is 0 Å². The van der Waals surface area contributed by atoms with Crippen molar-refractivity contribution in [2.24, 2.45) is 5.73 Å². The van der Waals surface area contributed by atoms with Crippen LogP contribution < -0.4 is 11.1 Å². The number of nitrogens with one attached hydrogen (secondary N) is 1. The van der Waals surface area contributed by atoms with Crippen molar-refractivity contribution in [3.8, 4) is 0 Å². The Morgan fingerprint density at radius 3 is 2.42 bits per heavy atom. The molecule has 0 atom stereocenters. The van der Waals surface area contributed by atoms with Crippen LogP contribution in [-0.4, -0.2) is 59.4 Å². The summed E-state index contributed by atoms with van der Waals surface area (Å²) in [4.78, 5) is 40.2. The Morgan fingerprint density at radius 1 is 1.21 bits per heavy atom. The zero-order chi connectivity index (χ0) is 17.3. The molecule has 2 heterocycles. The number of benzene rings is 1. The summed E-state index contributed by atoms with van der Waals surface area (Å²) in [6.07, 6.45) is 0.813. The molecule has 0 aliphatic carbocycles. The number of carbonyl (C=O) groups excluding carboxylic acids is 3. The van der Waals surface area contributed by atoms with E-state index in [1.165, 1.54) is 0 Å². The third kappa shape index (κ3) is 2.74. The Morgan fingerprint density at radius 2 is 1.83 bits per heavy atom. The van der Waals surface area contributed by atoms with Crippen LogP contribution in [0.1, 0.15) is 23.2 Å². The highest BCUT2D eigenvalue weighted by Gasteiger charge is 2.52. The number of halogens is 1. The van der Waals surface area contributed by atoms with Crippen molar-refractivity contribution in [3.05, 3.63) is 34.9 Å². The van der Waals surface area contributed by atoms with Crippen LogP contribution in [0.5, 0.6) is 0 Å². The third-order valence-corrected chi connectivity index (χ3v) is 5.04. The lowest BCUT2D eigenvalue weighted by atomic mass is 9.85. The summed E-state index contributed by atoms with van der Waals surface area (Å²) in [6, 6.07) is 6.59. The van der Waals surface area contributed by atoms with Crippen molar-refractivity contribution in [1.82, 2.24) is 15.1 Å². The molecule has 0 bridgehead atoms. The van der Waals surface area contributed by atoms with Gasteiger partial charge in [-0.2, -0.15) is 0 Å². The van der Waals surface area contributed by atoms with Crippen LogP contribution in [0.15, 0.2) is 24.3 Å². The fraction of sp³-hybridized carbons (Fsp3) is 0.438. The fourth-order valence-electron chi connectivity index (χ4n) is 3.36. The van der Waals surface area contributed by atoms with Crippen LogP contribution in [0.2, 0.25) is 5.02 Å². The minimum atomic E-state index is -0.901. The van der Waals surface area contributed by atoms with Gasteiger partial charge in [0.05, 0.1) is 13.2 Å². The summed E-state index contributed by atoms with van der Waals surface area (Å²) >= 11 is 5.86. The van der Waals surface area contributed by atoms with Gasteiger partial charge < -0.3 is 20.9 Å². The molecule has 1 aromatic rings. The SMILES string of the molecule is NCC(=O)N1CCC2(CC1)C(=O)NCN2C(=O)c1ccc(Cl)cc1. The smallest absolute Gasteiger partial charge is 0.256 e. The first kappa shape index (κ1) is 16.7. The third-order valence-electron chi connectivity index (χ3n) is 4.79. The van der Waals surface area contributed by atoms with Crippen molar-refractivity contribution in [2.75, 3.05) is 26.3 Å². The number of nitrogens with zero attached hydrogens (tertiary/aromatic N) is 2. The molecule has 2 fully saturated rings. The van der Waals surface area contributed by atoms with E-state index in [9.17, 15) is 14.4 Å². The molecular formula is C16H19ClN4O3. The molecule has 1 aromatic carbocycles. The lowest BCUT2D eigenvalue weighted by Gasteiger charge is -2.42. The van der Waals surface area contributed by atoms with E-state index >= 15 is 0 Å². The molecule has 0 saturated carbocycles. The number of carbonyl (C=O) groups is 3. The first-order chi connectivity index (χ1) is 11.5. The lowest BCUT2D eigenvalue weighted by molar-refractivity contribution is -0.136. The molecule has 3 N–H and O–H groups in total. The molecule has 128 valence electrons. The maximum absolute atomic E-state index is 12.8. The number of hydrogen-bond donors (Lipinski definition) is 2. The van der Waals surface area contributed by atoms with E-state index in [-0.39, 0.29) is 30.9 Å². The van der Waals surface area contributed by atoms with Crippen LogP contribution in [-0.2, 0) is 9.59 Å². The topological polar surface area (TPSA) is 95.7 Å². The maximum Gasteiger partial charge on any atom is 0.256 e. The highest BCUT2D eigenvalue weighted by Crippen LogP contribution is 2.33. The highest BCUT2D eigenvalue weighted by atomic mass is 35.5. The average molecular weight is 351 g/mol. The Hall–Kier alpha value is -2.12. The van der Waals surface area contributed by atoms with E-state index in [4.69, 9.17) is 17.3 Å².